The van der Waals surface area contributed by atoms with Gasteiger partial charge in [0.05, 0.1) is 20.3 Å². The Kier molecular flexibility index (Phi) is 7.42. The van der Waals surface area contributed by atoms with Crippen LogP contribution in [-0.2, 0) is 22.6 Å². The molecule has 1 aromatic carbocycles. The summed E-state index contributed by atoms with van der Waals surface area (Å²) in [6, 6.07) is 8.98. The van der Waals surface area contributed by atoms with Gasteiger partial charge in [0.2, 0.25) is 5.91 Å². The van der Waals surface area contributed by atoms with Crippen molar-refractivity contribution in [2.45, 2.75) is 77.0 Å². The topological polar surface area (TPSA) is 103 Å². The van der Waals surface area contributed by atoms with Crippen molar-refractivity contribution in [3.8, 4) is 5.75 Å². The quantitative estimate of drug-likeness (QED) is 0.480. The third-order valence-electron chi connectivity index (χ3n) is 6.94. The maximum atomic E-state index is 13.8. The fraction of sp³-hybridized carbons (Fsp3) is 0.538. The van der Waals surface area contributed by atoms with Gasteiger partial charge in [-0.15, -0.1) is 0 Å². The number of carbonyl (C=O) groups excluding carboxylic acids is 3. The molecule has 4 rings (SSSR count). The first-order chi connectivity index (χ1) is 16.9. The molecule has 9 nitrogen and oxygen atoms in total. The zero-order valence-corrected chi connectivity index (χ0v) is 20.7. The molecule has 0 bridgehead atoms. The van der Waals surface area contributed by atoms with Crippen molar-refractivity contribution in [3.05, 3.63) is 47.3 Å². The van der Waals surface area contributed by atoms with Crippen molar-refractivity contribution in [2.24, 2.45) is 0 Å². The Morgan fingerprint density at radius 2 is 1.91 bits per heavy atom. The minimum Gasteiger partial charge on any atom is -0.497 e. The minimum atomic E-state index is -1.20. The molecular formula is C26H34N4O5. The standard InChI is InChI=1S/C26H34N4O5/c1-4-35-24(32)21-15-22-23(31)29(16-18-10-9-13-20(14-18)34-3)26(2,17-30(22)28-21)25(33)27-19-11-7-5-6-8-12-19/h9-10,13-15,19H,4-8,11-12,16-17H2,1-3H3,(H,27,33)/t26-/m1/s1. The van der Waals surface area contributed by atoms with Crippen LogP contribution in [0.2, 0.25) is 0 Å². The first-order valence-electron chi connectivity index (χ1n) is 12.4. The molecule has 2 aliphatic rings. The van der Waals surface area contributed by atoms with E-state index < -0.39 is 11.5 Å². The molecule has 0 saturated heterocycles. The molecule has 0 unspecified atom stereocenters. The lowest BCUT2D eigenvalue weighted by Gasteiger charge is -2.44. The van der Waals surface area contributed by atoms with Gasteiger partial charge in [0.25, 0.3) is 5.91 Å². The molecule has 9 heteroatoms. The number of hydrogen-bond acceptors (Lipinski definition) is 6. The van der Waals surface area contributed by atoms with Crippen molar-refractivity contribution < 1.29 is 23.9 Å². The number of nitrogens with one attached hydrogen (secondary N) is 1. The van der Waals surface area contributed by atoms with Crippen molar-refractivity contribution in [1.82, 2.24) is 20.0 Å². The molecule has 2 heterocycles. The summed E-state index contributed by atoms with van der Waals surface area (Å²) in [5.74, 6) is -0.488. The smallest absolute Gasteiger partial charge is 0.358 e. The average Bonchev–Trinajstić information content (AvgIpc) is 3.10. The maximum absolute atomic E-state index is 13.8. The molecule has 1 saturated carbocycles. The van der Waals surface area contributed by atoms with Crippen molar-refractivity contribution in [3.63, 3.8) is 0 Å². The third-order valence-corrected chi connectivity index (χ3v) is 6.94. The number of ether oxygens (including phenoxy) is 2. The number of methoxy groups -OCH3 is 1. The predicted molar refractivity (Wildman–Crippen MR) is 129 cm³/mol. The molecule has 1 aromatic heterocycles. The van der Waals surface area contributed by atoms with Gasteiger partial charge in [-0.25, -0.2) is 4.79 Å². The van der Waals surface area contributed by atoms with Gasteiger partial charge in [0.1, 0.15) is 17.0 Å². The largest absolute Gasteiger partial charge is 0.497 e. The van der Waals surface area contributed by atoms with Crippen LogP contribution in [0.4, 0.5) is 0 Å². The van der Waals surface area contributed by atoms with E-state index in [1.54, 1.807) is 25.9 Å². The fourth-order valence-electron chi connectivity index (χ4n) is 4.91. The Morgan fingerprint density at radius 3 is 2.60 bits per heavy atom. The molecule has 188 valence electrons. The summed E-state index contributed by atoms with van der Waals surface area (Å²) < 4.78 is 11.9. The fourth-order valence-corrected chi connectivity index (χ4v) is 4.91. The van der Waals surface area contributed by atoms with Gasteiger partial charge in [-0.3, -0.25) is 14.3 Å². The van der Waals surface area contributed by atoms with Crippen LogP contribution in [0.5, 0.6) is 5.75 Å². The predicted octanol–water partition coefficient (Wildman–Crippen LogP) is 3.32. The zero-order valence-electron chi connectivity index (χ0n) is 20.7. The van der Waals surface area contributed by atoms with E-state index in [9.17, 15) is 14.4 Å². The normalized spacial score (nSPS) is 20.7. The first-order valence-corrected chi connectivity index (χ1v) is 12.4. The monoisotopic (exact) mass is 482 g/mol. The summed E-state index contributed by atoms with van der Waals surface area (Å²) in [7, 11) is 1.59. The van der Waals surface area contributed by atoms with E-state index in [1.165, 1.54) is 23.6 Å². The zero-order chi connectivity index (χ0) is 25.0. The summed E-state index contributed by atoms with van der Waals surface area (Å²) in [5, 5.41) is 7.54. The number of nitrogens with zero attached hydrogens (tertiary/aromatic N) is 3. The van der Waals surface area contributed by atoms with Gasteiger partial charge in [-0.05, 0) is 44.4 Å². The molecule has 1 atom stereocenters. The van der Waals surface area contributed by atoms with E-state index in [0.717, 1.165) is 31.2 Å². The SMILES string of the molecule is CCOC(=O)c1cc2n(n1)C[C@](C)(C(=O)NC1CCCCCC1)N(Cc1cccc(OC)c1)C2=O. The number of fused-ring (bicyclic) bond motifs is 1. The summed E-state index contributed by atoms with van der Waals surface area (Å²) in [6.07, 6.45) is 6.40. The highest BCUT2D eigenvalue weighted by Crippen LogP contribution is 2.31. The van der Waals surface area contributed by atoms with Crippen LogP contribution in [0.1, 0.15) is 78.9 Å². The Balaban J connectivity index is 1.68. The first kappa shape index (κ1) is 24.8. The second kappa shape index (κ2) is 10.5. The number of rotatable bonds is 7. The molecule has 35 heavy (non-hydrogen) atoms. The number of hydrogen-bond donors (Lipinski definition) is 1. The van der Waals surface area contributed by atoms with Gasteiger partial charge < -0.3 is 19.7 Å². The van der Waals surface area contributed by atoms with Gasteiger partial charge in [0.15, 0.2) is 5.69 Å². The number of carbonyl (C=O) groups is 3. The Bertz CT molecular complexity index is 1090. The molecule has 0 radical (unpaired) electrons. The van der Waals surface area contributed by atoms with Gasteiger partial charge >= 0.3 is 5.97 Å². The van der Waals surface area contributed by atoms with Gasteiger partial charge in [-0.2, -0.15) is 5.10 Å². The van der Waals surface area contributed by atoms with E-state index in [1.807, 2.05) is 24.3 Å². The van der Waals surface area contributed by atoms with Crippen LogP contribution in [0, 0.1) is 0 Å². The van der Waals surface area contributed by atoms with Crippen LogP contribution in [0.15, 0.2) is 30.3 Å². The van der Waals surface area contributed by atoms with Crippen LogP contribution in [0.3, 0.4) is 0 Å². The molecule has 0 spiro atoms. The van der Waals surface area contributed by atoms with Gasteiger partial charge in [0, 0.05) is 18.7 Å². The molecule has 2 amide bonds. The van der Waals surface area contributed by atoms with E-state index in [2.05, 4.69) is 10.4 Å². The Morgan fingerprint density at radius 1 is 1.17 bits per heavy atom. The number of benzene rings is 1. The average molecular weight is 483 g/mol. The van der Waals surface area contributed by atoms with Crippen molar-refractivity contribution >= 4 is 17.8 Å². The molecule has 2 aromatic rings. The Labute approximate surface area is 205 Å². The summed E-state index contributed by atoms with van der Waals surface area (Å²) in [5.41, 5.74) is -0.0392. The number of amides is 2. The molecule has 1 fully saturated rings. The van der Waals surface area contributed by atoms with Crippen LogP contribution >= 0.6 is 0 Å². The third kappa shape index (κ3) is 5.18. The molecular weight excluding hydrogens is 448 g/mol. The molecule has 1 aliphatic carbocycles. The molecule has 1 aliphatic heterocycles. The lowest BCUT2D eigenvalue weighted by Crippen LogP contribution is -2.64. The summed E-state index contributed by atoms with van der Waals surface area (Å²) in [4.78, 5) is 41.4. The summed E-state index contributed by atoms with van der Waals surface area (Å²) in [6.45, 7) is 4.04. The Hall–Kier alpha value is -3.36. The lowest BCUT2D eigenvalue weighted by atomic mass is 9.93. The van der Waals surface area contributed by atoms with Gasteiger partial charge in [-0.1, -0.05) is 37.8 Å². The molecule has 1 N–H and O–H groups in total. The second-order valence-corrected chi connectivity index (χ2v) is 9.47. The number of esters is 1. The van der Waals surface area contributed by atoms with Crippen LogP contribution < -0.4 is 10.1 Å². The minimum absolute atomic E-state index is 0.0601. The number of aromatic nitrogens is 2. The maximum Gasteiger partial charge on any atom is 0.358 e. The van der Waals surface area contributed by atoms with Crippen molar-refractivity contribution in [1.29, 1.82) is 0 Å². The highest BCUT2D eigenvalue weighted by molar-refractivity contribution is 6.01. The van der Waals surface area contributed by atoms with E-state index in [4.69, 9.17) is 9.47 Å². The van der Waals surface area contributed by atoms with E-state index in [-0.39, 0.29) is 48.9 Å². The van der Waals surface area contributed by atoms with Crippen molar-refractivity contribution in [2.75, 3.05) is 13.7 Å². The second-order valence-electron chi connectivity index (χ2n) is 9.47. The highest BCUT2D eigenvalue weighted by Gasteiger charge is 2.48. The summed E-state index contributed by atoms with van der Waals surface area (Å²) >= 11 is 0. The van der Waals surface area contributed by atoms with E-state index in [0.29, 0.717) is 5.75 Å². The van der Waals surface area contributed by atoms with Crippen LogP contribution in [-0.4, -0.2) is 57.8 Å². The van der Waals surface area contributed by atoms with Crippen LogP contribution in [0.25, 0.3) is 0 Å². The van der Waals surface area contributed by atoms with E-state index >= 15 is 0 Å². The highest BCUT2D eigenvalue weighted by atomic mass is 16.5. The lowest BCUT2D eigenvalue weighted by molar-refractivity contribution is -0.134.